The molecule has 1 fully saturated rings. The molecule has 1 unspecified atom stereocenters. The topological polar surface area (TPSA) is 69.0 Å². The number of alkyl halides is 3. The number of amides is 1. The number of pyridine rings is 1. The van der Waals surface area contributed by atoms with Gasteiger partial charge in [-0.2, -0.15) is 17.6 Å². The second-order valence-electron chi connectivity index (χ2n) is 7.82. The van der Waals surface area contributed by atoms with Crippen LogP contribution >= 0.6 is 0 Å². The standard InChI is InChI=1S/C22H17F7N4O2/c1-10-14(24)9-30-19(22(27,28)29)17(10)31-21(34)13(23)8-11-5-6-12-18(16(11)25)33(32-20(12)26)15-4-2-3-7-35-15/h5-6,8-9,15H,2-4,7H2,1H3,(H,31,34)/b13-8-. The fourth-order valence-electron chi connectivity index (χ4n) is 3.73. The van der Waals surface area contributed by atoms with Crippen molar-refractivity contribution in [1.29, 1.82) is 0 Å². The summed E-state index contributed by atoms with van der Waals surface area (Å²) in [5, 5.41) is 5.12. The molecule has 1 amide bonds. The van der Waals surface area contributed by atoms with Crippen LogP contribution in [0.3, 0.4) is 0 Å². The molecule has 1 N–H and O–H groups in total. The smallest absolute Gasteiger partial charge is 0.356 e. The minimum absolute atomic E-state index is 0.199. The molecule has 3 aromatic rings. The first-order valence-electron chi connectivity index (χ1n) is 10.4. The lowest BCUT2D eigenvalue weighted by Crippen LogP contribution is -2.20. The van der Waals surface area contributed by atoms with E-state index in [0.29, 0.717) is 25.3 Å². The molecule has 0 bridgehead atoms. The van der Waals surface area contributed by atoms with Gasteiger partial charge in [-0.25, -0.2) is 22.8 Å². The van der Waals surface area contributed by atoms with Gasteiger partial charge in [-0.05, 0) is 38.3 Å². The number of hydrogen-bond acceptors (Lipinski definition) is 4. The molecular formula is C22H17F7N4O2. The highest BCUT2D eigenvalue weighted by Crippen LogP contribution is 2.36. The van der Waals surface area contributed by atoms with Crippen molar-refractivity contribution in [3.63, 3.8) is 0 Å². The van der Waals surface area contributed by atoms with Gasteiger partial charge in [0, 0.05) is 17.7 Å². The predicted octanol–water partition coefficient (Wildman–Crippen LogP) is 5.82. The van der Waals surface area contributed by atoms with Crippen LogP contribution in [0.5, 0.6) is 0 Å². The first kappa shape index (κ1) is 24.6. The number of hydrogen-bond donors (Lipinski definition) is 1. The number of ether oxygens (including phenoxy) is 1. The van der Waals surface area contributed by atoms with Crippen molar-refractivity contribution >= 4 is 28.6 Å². The Morgan fingerprint density at radius 3 is 2.63 bits per heavy atom. The van der Waals surface area contributed by atoms with E-state index in [2.05, 4.69) is 10.1 Å². The van der Waals surface area contributed by atoms with Gasteiger partial charge in [0.2, 0.25) is 5.95 Å². The summed E-state index contributed by atoms with van der Waals surface area (Å²) < 4.78 is 104. The quantitative estimate of drug-likeness (QED) is 0.361. The van der Waals surface area contributed by atoms with Crippen molar-refractivity contribution in [2.24, 2.45) is 0 Å². The Balaban J connectivity index is 1.69. The molecule has 0 saturated carbocycles. The zero-order chi connectivity index (χ0) is 25.5. The monoisotopic (exact) mass is 502 g/mol. The molecule has 1 saturated heterocycles. The minimum Gasteiger partial charge on any atom is -0.356 e. The van der Waals surface area contributed by atoms with Crippen molar-refractivity contribution in [2.45, 2.75) is 38.6 Å². The summed E-state index contributed by atoms with van der Waals surface area (Å²) >= 11 is 0. The predicted molar refractivity (Wildman–Crippen MR) is 110 cm³/mol. The van der Waals surface area contributed by atoms with Crippen LogP contribution in [-0.2, 0) is 15.7 Å². The average molecular weight is 502 g/mol. The van der Waals surface area contributed by atoms with Crippen molar-refractivity contribution in [3.8, 4) is 0 Å². The third-order valence-electron chi connectivity index (χ3n) is 5.50. The second kappa shape index (κ2) is 9.29. The normalized spacial score (nSPS) is 17.1. The van der Waals surface area contributed by atoms with Crippen LogP contribution in [0.4, 0.5) is 36.4 Å². The molecule has 1 aliphatic rings. The molecule has 0 aliphatic carbocycles. The van der Waals surface area contributed by atoms with Gasteiger partial charge < -0.3 is 10.1 Å². The van der Waals surface area contributed by atoms with Gasteiger partial charge >= 0.3 is 6.18 Å². The van der Waals surface area contributed by atoms with Crippen LogP contribution in [0.25, 0.3) is 17.0 Å². The fourth-order valence-corrected chi connectivity index (χ4v) is 3.73. The van der Waals surface area contributed by atoms with E-state index >= 15 is 4.39 Å². The van der Waals surface area contributed by atoms with Crippen molar-refractivity contribution in [3.05, 3.63) is 58.6 Å². The molecule has 3 heterocycles. The van der Waals surface area contributed by atoms with Crippen LogP contribution in [0.2, 0.25) is 0 Å². The molecule has 6 nitrogen and oxygen atoms in total. The SMILES string of the molecule is Cc1c(F)cnc(C(F)(F)F)c1NC(=O)/C(F)=C/c1ccc2c(F)nn(C3CCCCO3)c2c1F. The van der Waals surface area contributed by atoms with Crippen molar-refractivity contribution in [1.82, 2.24) is 14.8 Å². The fraction of sp³-hybridized carbons (Fsp3) is 0.318. The summed E-state index contributed by atoms with van der Waals surface area (Å²) in [6.07, 6.45) is -3.12. The van der Waals surface area contributed by atoms with Crippen LogP contribution in [0, 0.1) is 24.5 Å². The van der Waals surface area contributed by atoms with E-state index in [4.69, 9.17) is 4.74 Å². The van der Waals surface area contributed by atoms with E-state index < -0.39 is 64.2 Å². The molecule has 1 aliphatic heterocycles. The summed E-state index contributed by atoms with van der Waals surface area (Å²) in [6, 6.07) is 2.11. The Bertz CT molecular complexity index is 1330. The molecule has 13 heteroatoms. The summed E-state index contributed by atoms with van der Waals surface area (Å²) in [6.45, 7) is 1.30. The van der Waals surface area contributed by atoms with Gasteiger partial charge in [0.05, 0.1) is 17.3 Å². The first-order chi connectivity index (χ1) is 16.5. The van der Waals surface area contributed by atoms with E-state index in [1.807, 2.05) is 0 Å². The third kappa shape index (κ3) is 4.72. The van der Waals surface area contributed by atoms with Gasteiger partial charge in [-0.15, -0.1) is 5.10 Å². The summed E-state index contributed by atoms with van der Waals surface area (Å²) in [5.41, 5.74) is -4.13. The zero-order valence-corrected chi connectivity index (χ0v) is 18.0. The number of fused-ring (bicyclic) bond motifs is 1. The highest BCUT2D eigenvalue weighted by Gasteiger charge is 2.37. The zero-order valence-electron chi connectivity index (χ0n) is 18.0. The molecule has 186 valence electrons. The minimum atomic E-state index is -5.07. The number of carbonyl (C=O) groups excluding carboxylic acids is 1. The Kier molecular flexibility index (Phi) is 6.54. The summed E-state index contributed by atoms with van der Waals surface area (Å²) in [5.74, 6) is -6.62. The van der Waals surface area contributed by atoms with Crippen molar-refractivity contribution in [2.75, 3.05) is 11.9 Å². The second-order valence-corrected chi connectivity index (χ2v) is 7.82. The van der Waals surface area contributed by atoms with Gasteiger partial charge in [0.25, 0.3) is 5.91 Å². The van der Waals surface area contributed by atoms with Crippen LogP contribution in [0.15, 0.2) is 24.2 Å². The van der Waals surface area contributed by atoms with E-state index in [0.717, 1.165) is 36.6 Å². The number of rotatable bonds is 4. The lowest BCUT2D eigenvalue weighted by Gasteiger charge is -2.23. The molecule has 0 radical (unpaired) electrons. The molecule has 0 spiro atoms. The lowest BCUT2D eigenvalue weighted by atomic mass is 10.1. The Morgan fingerprint density at radius 2 is 1.97 bits per heavy atom. The third-order valence-corrected chi connectivity index (χ3v) is 5.50. The number of benzene rings is 1. The maximum absolute atomic E-state index is 15.3. The number of carbonyl (C=O) groups is 1. The van der Waals surface area contributed by atoms with Gasteiger partial charge in [0.1, 0.15) is 11.3 Å². The summed E-state index contributed by atoms with van der Waals surface area (Å²) in [7, 11) is 0. The van der Waals surface area contributed by atoms with Gasteiger partial charge in [-0.1, -0.05) is 6.07 Å². The number of halogens is 7. The van der Waals surface area contributed by atoms with Gasteiger partial charge in [-0.3, -0.25) is 4.79 Å². The molecule has 35 heavy (non-hydrogen) atoms. The maximum atomic E-state index is 15.3. The van der Waals surface area contributed by atoms with E-state index in [1.54, 1.807) is 5.32 Å². The van der Waals surface area contributed by atoms with E-state index in [1.165, 1.54) is 0 Å². The molecule has 1 atom stereocenters. The van der Waals surface area contributed by atoms with E-state index in [-0.39, 0.29) is 10.9 Å². The number of nitrogens with one attached hydrogen (secondary N) is 1. The summed E-state index contributed by atoms with van der Waals surface area (Å²) in [4.78, 5) is 15.2. The van der Waals surface area contributed by atoms with Crippen LogP contribution in [0.1, 0.15) is 42.3 Å². The average Bonchev–Trinajstić information content (AvgIpc) is 3.15. The largest absolute Gasteiger partial charge is 0.435 e. The lowest BCUT2D eigenvalue weighted by molar-refractivity contribution is -0.140. The first-order valence-corrected chi connectivity index (χ1v) is 10.4. The Morgan fingerprint density at radius 1 is 1.23 bits per heavy atom. The molecular weight excluding hydrogens is 485 g/mol. The maximum Gasteiger partial charge on any atom is 0.435 e. The number of aromatic nitrogens is 3. The number of nitrogens with zero attached hydrogens (tertiary/aromatic N) is 3. The molecule has 1 aromatic carbocycles. The number of anilines is 1. The van der Waals surface area contributed by atoms with Crippen molar-refractivity contribution < 1.29 is 40.3 Å². The Labute approximate surface area is 193 Å². The van der Waals surface area contributed by atoms with Crippen LogP contribution in [-0.4, -0.2) is 27.3 Å². The van der Waals surface area contributed by atoms with Crippen LogP contribution < -0.4 is 5.32 Å². The molecule has 2 aromatic heterocycles. The highest BCUT2D eigenvalue weighted by atomic mass is 19.4. The molecule has 4 rings (SSSR count). The highest BCUT2D eigenvalue weighted by molar-refractivity contribution is 6.06. The Hall–Kier alpha value is -3.48. The van der Waals surface area contributed by atoms with E-state index in [9.17, 15) is 31.1 Å². The van der Waals surface area contributed by atoms with Gasteiger partial charge in [0.15, 0.2) is 23.6 Å².